The molecule has 0 radical (unpaired) electrons. The van der Waals surface area contributed by atoms with Gasteiger partial charge in [-0.1, -0.05) is 18.2 Å². The SMILES string of the molecule is C/C=C(\C=C/COC)CN. The fourth-order valence-electron chi connectivity index (χ4n) is 0.578. The largest absolute Gasteiger partial charge is 0.381 e. The topological polar surface area (TPSA) is 35.2 Å². The van der Waals surface area contributed by atoms with Crippen molar-refractivity contribution < 1.29 is 4.74 Å². The van der Waals surface area contributed by atoms with Gasteiger partial charge in [0.05, 0.1) is 6.61 Å². The monoisotopic (exact) mass is 141 g/mol. The average Bonchev–Trinajstić information content (AvgIpc) is 1.99. The maximum Gasteiger partial charge on any atom is 0.0646 e. The van der Waals surface area contributed by atoms with E-state index in [1.165, 1.54) is 0 Å². The van der Waals surface area contributed by atoms with E-state index in [1.807, 2.05) is 25.2 Å². The molecule has 0 bridgehead atoms. The van der Waals surface area contributed by atoms with Crippen LogP contribution < -0.4 is 5.73 Å². The Labute approximate surface area is 62.4 Å². The van der Waals surface area contributed by atoms with Gasteiger partial charge in [-0.3, -0.25) is 0 Å². The Kier molecular flexibility index (Phi) is 6.13. The standard InChI is InChI=1S/C8H15NO/c1-3-8(7-9)5-4-6-10-2/h3-5H,6-7,9H2,1-2H3/b5-4-,8-3+. The first-order chi connectivity index (χ1) is 4.85. The number of allylic oxidation sites excluding steroid dienone is 1. The van der Waals surface area contributed by atoms with Gasteiger partial charge in [0, 0.05) is 13.7 Å². The van der Waals surface area contributed by atoms with E-state index in [4.69, 9.17) is 10.5 Å². The summed E-state index contributed by atoms with van der Waals surface area (Å²) in [6, 6.07) is 0. The van der Waals surface area contributed by atoms with E-state index in [2.05, 4.69) is 0 Å². The van der Waals surface area contributed by atoms with Crippen LogP contribution in [0.2, 0.25) is 0 Å². The second-order valence-corrected chi connectivity index (χ2v) is 1.93. The van der Waals surface area contributed by atoms with Gasteiger partial charge < -0.3 is 10.5 Å². The molecule has 0 saturated carbocycles. The summed E-state index contributed by atoms with van der Waals surface area (Å²) in [6.45, 7) is 3.22. The molecule has 0 rings (SSSR count). The molecule has 0 aliphatic carbocycles. The molecule has 0 fully saturated rings. The van der Waals surface area contributed by atoms with Gasteiger partial charge in [-0.15, -0.1) is 0 Å². The lowest BCUT2D eigenvalue weighted by Crippen LogP contribution is -2.00. The Morgan fingerprint density at radius 2 is 2.30 bits per heavy atom. The Morgan fingerprint density at radius 3 is 2.70 bits per heavy atom. The van der Waals surface area contributed by atoms with Crippen molar-refractivity contribution in [2.24, 2.45) is 5.73 Å². The van der Waals surface area contributed by atoms with E-state index in [0.29, 0.717) is 13.2 Å². The van der Waals surface area contributed by atoms with Gasteiger partial charge in [0.1, 0.15) is 0 Å². The van der Waals surface area contributed by atoms with E-state index in [9.17, 15) is 0 Å². The van der Waals surface area contributed by atoms with Crippen molar-refractivity contribution in [2.75, 3.05) is 20.3 Å². The molecule has 0 atom stereocenters. The lowest BCUT2D eigenvalue weighted by Gasteiger charge is -1.93. The highest BCUT2D eigenvalue weighted by molar-refractivity contribution is 5.18. The number of methoxy groups -OCH3 is 1. The summed E-state index contributed by atoms with van der Waals surface area (Å²) in [5.41, 5.74) is 6.54. The molecular formula is C8H15NO. The third kappa shape index (κ3) is 4.30. The van der Waals surface area contributed by atoms with Crippen LogP contribution in [-0.2, 0) is 4.74 Å². The van der Waals surface area contributed by atoms with Crippen molar-refractivity contribution in [3.8, 4) is 0 Å². The zero-order valence-corrected chi connectivity index (χ0v) is 6.63. The number of ether oxygens (including phenoxy) is 1. The molecule has 0 aliphatic rings. The van der Waals surface area contributed by atoms with Gasteiger partial charge in [0.15, 0.2) is 0 Å². The zero-order valence-electron chi connectivity index (χ0n) is 6.63. The van der Waals surface area contributed by atoms with Crippen molar-refractivity contribution in [3.05, 3.63) is 23.8 Å². The molecule has 0 heterocycles. The smallest absolute Gasteiger partial charge is 0.0646 e. The van der Waals surface area contributed by atoms with Gasteiger partial charge in [0.2, 0.25) is 0 Å². The third-order valence-electron chi connectivity index (χ3n) is 1.20. The van der Waals surface area contributed by atoms with Gasteiger partial charge >= 0.3 is 0 Å². The van der Waals surface area contributed by atoms with Crippen LogP contribution in [0.25, 0.3) is 0 Å². The van der Waals surface area contributed by atoms with Crippen LogP contribution in [0.3, 0.4) is 0 Å². The second-order valence-electron chi connectivity index (χ2n) is 1.93. The maximum atomic E-state index is 5.41. The molecule has 0 saturated heterocycles. The first kappa shape index (κ1) is 9.40. The highest BCUT2D eigenvalue weighted by Gasteiger charge is 1.82. The van der Waals surface area contributed by atoms with Crippen molar-refractivity contribution >= 4 is 0 Å². The van der Waals surface area contributed by atoms with Crippen LogP contribution in [0.5, 0.6) is 0 Å². The summed E-state index contributed by atoms with van der Waals surface area (Å²) < 4.78 is 4.83. The molecule has 0 aromatic rings. The molecule has 0 spiro atoms. The Balaban J connectivity index is 3.63. The van der Waals surface area contributed by atoms with Crippen LogP contribution in [0.4, 0.5) is 0 Å². The van der Waals surface area contributed by atoms with E-state index in [-0.39, 0.29) is 0 Å². The number of nitrogens with two attached hydrogens (primary N) is 1. The van der Waals surface area contributed by atoms with E-state index >= 15 is 0 Å². The lowest BCUT2D eigenvalue weighted by atomic mass is 10.2. The van der Waals surface area contributed by atoms with Crippen molar-refractivity contribution in [2.45, 2.75) is 6.92 Å². The first-order valence-electron chi connectivity index (χ1n) is 3.36. The molecule has 2 nitrogen and oxygen atoms in total. The molecule has 0 unspecified atom stereocenters. The van der Waals surface area contributed by atoms with Crippen molar-refractivity contribution in [1.29, 1.82) is 0 Å². The van der Waals surface area contributed by atoms with E-state index < -0.39 is 0 Å². The Bertz CT molecular complexity index is 127. The van der Waals surface area contributed by atoms with Crippen molar-refractivity contribution in [1.82, 2.24) is 0 Å². The highest BCUT2D eigenvalue weighted by Crippen LogP contribution is 1.92. The molecule has 58 valence electrons. The number of hydrogen-bond acceptors (Lipinski definition) is 2. The number of rotatable bonds is 4. The summed E-state index contributed by atoms with van der Waals surface area (Å²) in [5, 5.41) is 0. The minimum Gasteiger partial charge on any atom is -0.381 e. The van der Waals surface area contributed by atoms with Crippen LogP contribution in [-0.4, -0.2) is 20.3 Å². The summed E-state index contributed by atoms with van der Waals surface area (Å²) in [7, 11) is 1.67. The van der Waals surface area contributed by atoms with Crippen LogP contribution in [0, 0.1) is 0 Å². The molecule has 0 aromatic heterocycles. The molecule has 0 amide bonds. The second kappa shape index (κ2) is 6.52. The lowest BCUT2D eigenvalue weighted by molar-refractivity contribution is 0.234. The zero-order chi connectivity index (χ0) is 7.82. The van der Waals surface area contributed by atoms with Crippen LogP contribution in [0.15, 0.2) is 23.8 Å². The summed E-state index contributed by atoms with van der Waals surface area (Å²) in [6.07, 6.45) is 5.91. The molecule has 10 heavy (non-hydrogen) atoms. The average molecular weight is 141 g/mol. The maximum absolute atomic E-state index is 5.41. The minimum atomic E-state index is 0.594. The molecule has 2 heteroatoms. The molecular weight excluding hydrogens is 126 g/mol. The summed E-state index contributed by atoms with van der Waals surface area (Å²) in [4.78, 5) is 0. The normalized spacial score (nSPS) is 12.9. The van der Waals surface area contributed by atoms with Gasteiger partial charge in [-0.05, 0) is 12.5 Å². The van der Waals surface area contributed by atoms with Gasteiger partial charge in [-0.2, -0.15) is 0 Å². The molecule has 0 aromatic carbocycles. The minimum absolute atomic E-state index is 0.594. The van der Waals surface area contributed by atoms with Crippen LogP contribution >= 0.6 is 0 Å². The Morgan fingerprint density at radius 1 is 1.60 bits per heavy atom. The van der Waals surface area contributed by atoms with Crippen LogP contribution in [0.1, 0.15) is 6.92 Å². The van der Waals surface area contributed by atoms with Gasteiger partial charge in [-0.25, -0.2) is 0 Å². The predicted octanol–water partition coefficient (Wildman–Crippen LogP) is 1.09. The summed E-state index contributed by atoms with van der Waals surface area (Å²) >= 11 is 0. The Hall–Kier alpha value is -0.600. The summed E-state index contributed by atoms with van der Waals surface area (Å²) in [5.74, 6) is 0. The number of hydrogen-bond donors (Lipinski definition) is 1. The molecule has 2 N–H and O–H groups in total. The van der Waals surface area contributed by atoms with Gasteiger partial charge in [0.25, 0.3) is 0 Å². The first-order valence-corrected chi connectivity index (χ1v) is 3.36. The third-order valence-corrected chi connectivity index (χ3v) is 1.20. The quantitative estimate of drug-likeness (QED) is 0.595. The van der Waals surface area contributed by atoms with E-state index in [1.54, 1.807) is 7.11 Å². The van der Waals surface area contributed by atoms with Crippen molar-refractivity contribution in [3.63, 3.8) is 0 Å². The predicted molar refractivity (Wildman–Crippen MR) is 43.8 cm³/mol. The van der Waals surface area contributed by atoms with E-state index in [0.717, 1.165) is 5.57 Å². The fourth-order valence-corrected chi connectivity index (χ4v) is 0.578. The fraction of sp³-hybridized carbons (Fsp3) is 0.500. The molecule has 0 aliphatic heterocycles. The highest BCUT2D eigenvalue weighted by atomic mass is 16.5.